The van der Waals surface area contributed by atoms with Gasteiger partial charge in [0, 0.05) is 62.6 Å². The van der Waals surface area contributed by atoms with Crippen LogP contribution in [0.3, 0.4) is 0 Å². The number of allylic oxidation sites excluding steroid dienone is 1. The second kappa shape index (κ2) is 9.04. The normalized spacial score (nSPS) is 19.9. The van der Waals surface area contributed by atoms with Gasteiger partial charge in [-0.2, -0.15) is 0 Å². The summed E-state index contributed by atoms with van der Waals surface area (Å²) in [7, 11) is 3.51. The zero-order valence-corrected chi connectivity index (χ0v) is 19.4. The summed E-state index contributed by atoms with van der Waals surface area (Å²) in [6.45, 7) is 8.84. The number of piperazine rings is 1. The van der Waals surface area contributed by atoms with Crippen molar-refractivity contribution in [2.75, 3.05) is 51.8 Å². The number of carbonyl (C=O) groups excluding carboxylic acids is 1. The Morgan fingerprint density at radius 3 is 2.44 bits per heavy atom. The molecule has 2 aromatic carbocycles. The van der Waals surface area contributed by atoms with E-state index in [2.05, 4.69) is 46.7 Å². The molecule has 0 bridgehead atoms. The Hall–Kier alpha value is -2.70. The number of rotatable bonds is 6. The molecule has 0 amide bonds. The summed E-state index contributed by atoms with van der Waals surface area (Å²) in [5.74, 6) is 0.0769. The summed E-state index contributed by atoms with van der Waals surface area (Å²) < 4.78 is 18.9. The van der Waals surface area contributed by atoms with E-state index in [1.54, 1.807) is 12.1 Å². The third kappa shape index (κ3) is 4.43. The molecule has 2 aromatic rings. The minimum atomic E-state index is -0.329. The highest BCUT2D eigenvalue weighted by Crippen LogP contribution is 2.46. The summed E-state index contributed by atoms with van der Waals surface area (Å²) in [4.78, 5) is 19.6. The number of hydrogen-bond donors (Lipinski definition) is 0. The van der Waals surface area contributed by atoms with Crippen LogP contribution >= 0.6 is 0 Å². The van der Waals surface area contributed by atoms with E-state index >= 15 is 0 Å². The lowest BCUT2D eigenvalue weighted by Crippen LogP contribution is -2.47. The van der Waals surface area contributed by atoms with Crippen LogP contribution < -0.4 is 9.64 Å². The van der Waals surface area contributed by atoms with Crippen molar-refractivity contribution in [1.82, 2.24) is 9.80 Å². The van der Waals surface area contributed by atoms with E-state index in [9.17, 15) is 9.18 Å². The average molecular weight is 438 g/mol. The van der Waals surface area contributed by atoms with Crippen LogP contribution in [0.1, 0.15) is 25.0 Å². The quantitative estimate of drug-likeness (QED) is 0.642. The smallest absolute Gasteiger partial charge is 0.171 e. The van der Waals surface area contributed by atoms with Gasteiger partial charge in [0.1, 0.15) is 0 Å². The van der Waals surface area contributed by atoms with Gasteiger partial charge in [-0.15, -0.1) is 0 Å². The lowest BCUT2D eigenvalue weighted by molar-refractivity contribution is -0.116. The molecule has 0 N–H and O–H groups in total. The Bertz CT molecular complexity index is 1030. The van der Waals surface area contributed by atoms with E-state index in [0.717, 1.165) is 37.4 Å². The molecule has 2 heterocycles. The van der Waals surface area contributed by atoms with E-state index in [0.29, 0.717) is 13.1 Å². The number of anilines is 1. The maximum Gasteiger partial charge on any atom is 0.171 e. The van der Waals surface area contributed by atoms with Crippen molar-refractivity contribution in [2.45, 2.75) is 25.8 Å². The molecular weight excluding hydrogens is 405 g/mol. The van der Waals surface area contributed by atoms with Gasteiger partial charge in [0.15, 0.2) is 17.3 Å². The first-order chi connectivity index (χ1) is 15.3. The lowest BCUT2D eigenvalue weighted by Gasteiger charge is -2.34. The molecule has 0 aromatic heterocycles. The van der Waals surface area contributed by atoms with E-state index in [1.807, 2.05) is 25.3 Å². The van der Waals surface area contributed by atoms with Crippen LogP contribution in [0.15, 0.2) is 54.2 Å². The van der Waals surface area contributed by atoms with Gasteiger partial charge in [-0.1, -0.05) is 38.1 Å². The molecular formula is C26H32FN3O2. The van der Waals surface area contributed by atoms with Gasteiger partial charge in [0.25, 0.3) is 0 Å². The van der Waals surface area contributed by atoms with Gasteiger partial charge in [-0.3, -0.25) is 14.6 Å². The monoisotopic (exact) mass is 437 g/mol. The number of likely N-dealkylation sites (N-methyl/N-ethyl adjacent to an activating group) is 1. The number of ketones is 1. The van der Waals surface area contributed by atoms with Crippen molar-refractivity contribution < 1.29 is 13.9 Å². The standard InChI is InChI=1S/C26H32FN3O2/c1-26(2)21-7-5-6-8-23(21)28(3)25(26)16-20(31)18-30-13-11-29(12-14-30)17-19-9-10-24(32-4)22(27)15-19/h5-10,15-16H,11-14,17-18H2,1-4H3/b25-16+. The number of nitrogens with zero attached hydrogens (tertiary/aromatic N) is 3. The van der Waals surface area contributed by atoms with Crippen molar-refractivity contribution in [3.05, 3.63) is 71.2 Å². The summed E-state index contributed by atoms with van der Waals surface area (Å²) in [5.41, 5.74) is 4.21. The number of methoxy groups -OCH3 is 1. The Balaban J connectivity index is 1.33. The molecule has 0 unspecified atom stereocenters. The highest BCUT2D eigenvalue weighted by molar-refractivity contribution is 5.94. The Kier molecular flexibility index (Phi) is 6.35. The van der Waals surface area contributed by atoms with E-state index < -0.39 is 0 Å². The van der Waals surface area contributed by atoms with Crippen LogP contribution in [0.5, 0.6) is 5.75 Å². The minimum Gasteiger partial charge on any atom is -0.494 e. The molecule has 0 saturated carbocycles. The lowest BCUT2D eigenvalue weighted by atomic mass is 9.83. The fraction of sp³-hybridized carbons (Fsp3) is 0.423. The van der Waals surface area contributed by atoms with E-state index in [-0.39, 0.29) is 22.8 Å². The fourth-order valence-electron chi connectivity index (χ4n) is 4.85. The summed E-state index contributed by atoms with van der Waals surface area (Å²) in [5, 5.41) is 0. The van der Waals surface area contributed by atoms with Crippen molar-refractivity contribution in [1.29, 1.82) is 0 Å². The Labute approximate surface area is 190 Å². The van der Waals surface area contributed by atoms with Gasteiger partial charge in [0.2, 0.25) is 0 Å². The molecule has 4 rings (SSSR count). The molecule has 2 aliphatic heterocycles. The minimum absolute atomic E-state index is 0.137. The molecule has 1 fully saturated rings. The third-order valence-corrected chi connectivity index (χ3v) is 6.70. The van der Waals surface area contributed by atoms with E-state index in [4.69, 9.17) is 4.74 Å². The first-order valence-electron chi connectivity index (χ1n) is 11.1. The molecule has 0 atom stereocenters. The van der Waals surface area contributed by atoms with Crippen molar-refractivity contribution in [3.8, 4) is 5.75 Å². The van der Waals surface area contributed by atoms with Gasteiger partial charge in [-0.25, -0.2) is 4.39 Å². The van der Waals surface area contributed by atoms with Gasteiger partial charge < -0.3 is 9.64 Å². The predicted molar refractivity (Wildman–Crippen MR) is 126 cm³/mol. The van der Waals surface area contributed by atoms with Gasteiger partial charge in [0.05, 0.1) is 13.7 Å². The molecule has 6 heteroatoms. The van der Waals surface area contributed by atoms with Gasteiger partial charge >= 0.3 is 0 Å². The largest absolute Gasteiger partial charge is 0.494 e. The fourth-order valence-corrected chi connectivity index (χ4v) is 4.85. The second-order valence-electron chi connectivity index (χ2n) is 9.22. The van der Waals surface area contributed by atoms with Crippen LogP contribution in [-0.2, 0) is 16.8 Å². The number of para-hydroxylation sites is 1. The number of carbonyl (C=O) groups is 1. The van der Waals surface area contributed by atoms with Crippen LogP contribution in [0.25, 0.3) is 0 Å². The molecule has 0 spiro atoms. The average Bonchev–Trinajstić information content (AvgIpc) is 2.96. The first-order valence-corrected chi connectivity index (χ1v) is 11.1. The predicted octanol–water partition coefficient (Wildman–Crippen LogP) is 3.83. The molecule has 1 saturated heterocycles. The van der Waals surface area contributed by atoms with Crippen molar-refractivity contribution in [3.63, 3.8) is 0 Å². The van der Waals surface area contributed by atoms with Crippen LogP contribution in [0.4, 0.5) is 10.1 Å². The summed E-state index contributed by atoms with van der Waals surface area (Å²) in [6, 6.07) is 13.5. The molecule has 2 aliphatic rings. The number of fused-ring (bicyclic) bond motifs is 1. The summed E-state index contributed by atoms with van der Waals surface area (Å²) >= 11 is 0. The number of hydrogen-bond acceptors (Lipinski definition) is 5. The zero-order valence-electron chi connectivity index (χ0n) is 19.4. The Morgan fingerprint density at radius 1 is 1.09 bits per heavy atom. The first kappa shape index (κ1) is 22.5. The molecule has 0 radical (unpaired) electrons. The molecule has 0 aliphatic carbocycles. The number of ether oxygens (including phenoxy) is 1. The van der Waals surface area contributed by atoms with Crippen LogP contribution in [0, 0.1) is 5.82 Å². The van der Waals surface area contributed by atoms with E-state index in [1.165, 1.54) is 18.4 Å². The van der Waals surface area contributed by atoms with Crippen LogP contribution in [-0.4, -0.2) is 62.5 Å². The maximum atomic E-state index is 13.9. The highest BCUT2D eigenvalue weighted by Gasteiger charge is 2.38. The summed E-state index contributed by atoms with van der Waals surface area (Å²) in [6.07, 6.45) is 1.83. The Morgan fingerprint density at radius 2 is 1.78 bits per heavy atom. The third-order valence-electron chi connectivity index (χ3n) is 6.70. The highest BCUT2D eigenvalue weighted by atomic mass is 19.1. The van der Waals surface area contributed by atoms with Crippen molar-refractivity contribution in [2.24, 2.45) is 0 Å². The molecule has 5 nitrogen and oxygen atoms in total. The van der Waals surface area contributed by atoms with Crippen molar-refractivity contribution >= 4 is 11.5 Å². The van der Waals surface area contributed by atoms with Crippen LogP contribution in [0.2, 0.25) is 0 Å². The maximum absolute atomic E-state index is 13.9. The van der Waals surface area contributed by atoms with Gasteiger partial charge in [-0.05, 0) is 29.3 Å². The topological polar surface area (TPSA) is 36.0 Å². The molecule has 32 heavy (non-hydrogen) atoms. The zero-order chi connectivity index (χ0) is 22.9. The number of benzene rings is 2. The number of halogens is 1. The second-order valence-corrected chi connectivity index (χ2v) is 9.22. The molecule has 170 valence electrons. The SMILES string of the molecule is COc1ccc(CN2CCN(CC(=O)/C=C3/N(C)c4ccccc4C3(C)C)CC2)cc1F.